The van der Waals surface area contributed by atoms with Crippen LogP contribution in [0.2, 0.25) is 0 Å². The molecular formula is C14H25F3. The molecule has 1 saturated carbocycles. The summed E-state index contributed by atoms with van der Waals surface area (Å²) in [7, 11) is 0. The summed E-state index contributed by atoms with van der Waals surface area (Å²) in [4.78, 5) is 0. The Balaban J connectivity index is 2.92. The maximum absolute atomic E-state index is 13.0. The fraction of sp³-hybridized carbons (Fsp3) is 1.00. The third-order valence-electron chi connectivity index (χ3n) is 4.99. The minimum atomic E-state index is -4.04. The summed E-state index contributed by atoms with van der Waals surface area (Å²) in [6, 6.07) is 0. The Morgan fingerprint density at radius 1 is 1.06 bits per heavy atom. The summed E-state index contributed by atoms with van der Waals surface area (Å²) in [5.41, 5.74) is -0.503. The summed E-state index contributed by atoms with van der Waals surface area (Å²) in [5.74, 6) is -1.15. The molecule has 1 fully saturated rings. The molecule has 0 heterocycles. The lowest BCUT2D eigenvalue weighted by Crippen LogP contribution is -2.33. The van der Waals surface area contributed by atoms with E-state index >= 15 is 0 Å². The third-order valence-corrected chi connectivity index (χ3v) is 4.99. The highest BCUT2D eigenvalue weighted by Gasteiger charge is 2.70. The van der Waals surface area contributed by atoms with Crippen molar-refractivity contribution in [1.29, 1.82) is 0 Å². The predicted molar refractivity (Wildman–Crippen MR) is 64.8 cm³/mol. The van der Waals surface area contributed by atoms with Gasteiger partial charge in [0.05, 0.1) is 5.92 Å². The third kappa shape index (κ3) is 2.34. The summed E-state index contributed by atoms with van der Waals surface area (Å²) < 4.78 is 39.0. The number of rotatable bonds is 6. The standard InChI is InChI=1S/C14H25F3/c1-5-8-12(9-6-2)10-13(12,7-3)11(4)14(15,16)17/h11H,5-10H2,1-4H3. The molecule has 1 rings (SSSR count). The zero-order chi connectivity index (χ0) is 13.3. The zero-order valence-electron chi connectivity index (χ0n) is 11.5. The van der Waals surface area contributed by atoms with Crippen LogP contribution in [0, 0.1) is 16.7 Å². The van der Waals surface area contributed by atoms with Crippen LogP contribution in [-0.4, -0.2) is 6.18 Å². The van der Waals surface area contributed by atoms with Gasteiger partial charge in [-0.15, -0.1) is 0 Å². The first-order chi connectivity index (χ1) is 7.79. The van der Waals surface area contributed by atoms with Crippen molar-refractivity contribution in [2.45, 2.75) is 72.4 Å². The molecule has 0 amide bonds. The highest BCUT2D eigenvalue weighted by atomic mass is 19.4. The Labute approximate surface area is 103 Å². The molecule has 0 spiro atoms. The molecule has 1 aliphatic rings. The van der Waals surface area contributed by atoms with Gasteiger partial charge in [-0.05, 0) is 36.5 Å². The first-order valence-electron chi connectivity index (χ1n) is 6.86. The molecule has 2 unspecified atom stereocenters. The number of hydrogen-bond donors (Lipinski definition) is 0. The molecule has 0 aromatic carbocycles. The lowest BCUT2D eigenvalue weighted by molar-refractivity contribution is -0.193. The van der Waals surface area contributed by atoms with E-state index in [1.54, 1.807) is 0 Å². The molecule has 17 heavy (non-hydrogen) atoms. The Kier molecular flexibility index (Phi) is 4.20. The van der Waals surface area contributed by atoms with Gasteiger partial charge in [-0.1, -0.05) is 40.5 Å². The monoisotopic (exact) mass is 250 g/mol. The van der Waals surface area contributed by atoms with Crippen molar-refractivity contribution in [3.05, 3.63) is 0 Å². The molecule has 0 aliphatic heterocycles. The van der Waals surface area contributed by atoms with E-state index in [4.69, 9.17) is 0 Å². The minimum Gasteiger partial charge on any atom is -0.171 e. The van der Waals surface area contributed by atoms with Crippen LogP contribution in [0.3, 0.4) is 0 Å². The maximum atomic E-state index is 13.0. The highest BCUT2D eigenvalue weighted by Crippen LogP contribution is 2.75. The van der Waals surface area contributed by atoms with Gasteiger partial charge in [-0.25, -0.2) is 0 Å². The average Bonchev–Trinajstić information content (AvgIpc) is 2.86. The maximum Gasteiger partial charge on any atom is 0.392 e. The predicted octanol–water partition coefficient (Wildman–Crippen LogP) is 5.57. The van der Waals surface area contributed by atoms with E-state index in [-0.39, 0.29) is 5.41 Å². The summed E-state index contributed by atoms with van der Waals surface area (Å²) in [5, 5.41) is 0. The molecule has 102 valence electrons. The molecular weight excluding hydrogens is 225 g/mol. The van der Waals surface area contributed by atoms with Crippen LogP contribution in [0.1, 0.15) is 66.2 Å². The van der Waals surface area contributed by atoms with Crippen molar-refractivity contribution in [3.8, 4) is 0 Å². The van der Waals surface area contributed by atoms with Crippen LogP contribution < -0.4 is 0 Å². The highest BCUT2D eigenvalue weighted by molar-refractivity contribution is 5.16. The molecule has 0 saturated heterocycles. The van der Waals surface area contributed by atoms with Gasteiger partial charge in [0.15, 0.2) is 0 Å². The first-order valence-corrected chi connectivity index (χ1v) is 6.86. The van der Waals surface area contributed by atoms with Crippen LogP contribution in [0.4, 0.5) is 13.2 Å². The largest absolute Gasteiger partial charge is 0.392 e. The quantitative estimate of drug-likeness (QED) is 0.578. The van der Waals surface area contributed by atoms with E-state index < -0.39 is 17.5 Å². The number of halogens is 3. The summed E-state index contributed by atoms with van der Waals surface area (Å²) in [6.45, 7) is 7.47. The van der Waals surface area contributed by atoms with Gasteiger partial charge in [0.1, 0.15) is 0 Å². The zero-order valence-corrected chi connectivity index (χ0v) is 11.5. The molecule has 1 aliphatic carbocycles. The van der Waals surface area contributed by atoms with Crippen molar-refractivity contribution < 1.29 is 13.2 Å². The van der Waals surface area contributed by atoms with Crippen LogP contribution in [0.15, 0.2) is 0 Å². The van der Waals surface area contributed by atoms with Crippen LogP contribution in [0.5, 0.6) is 0 Å². The van der Waals surface area contributed by atoms with Gasteiger partial charge in [-0.2, -0.15) is 13.2 Å². The van der Waals surface area contributed by atoms with Crippen LogP contribution in [-0.2, 0) is 0 Å². The Bertz CT molecular complexity index is 251. The Morgan fingerprint density at radius 3 is 1.82 bits per heavy atom. The van der Waals surface area contributed by atoms with E-state index in [0.717, 1.165) is 32.1 Å². The smallest absolute Gasteiger partial charge is 0.171 e. The van der Waals surface area contributed by atoms with Crippen LogP contribution >= 0.6 is 0 Å². The van der Waals surface area contributed by atoms with Gasteiger partial charge in [-0.3, -0.25) is 0 Å². The second-order valence-electron chi connectivity index (χ2n) is 5.73. The molecule has 0 bridgehead atoms. The molecule has 0 N–H and O–H groups in total. The fourth-order valence-corrected chi connectivity index (χ4v) is 4.05. The van der Waals surface area contributed by atoms with E-state index in [1.807, 2.05) is 6.92 Å². The molecule has 0 radical (unpaired) electrons. The lowest BCUT2D eigenvalue weighted by atomic mass is 9.76. The van der Waals surface area contributed by atoms with Crippen molar-refractivity contribution in [2.24, 2.45) is 16.7 Å². The van der Waals surface area contributed by atoms with Crippen molar-refractivity contribution in [3.63, 3.8) is 0 Å². The van der Waals surface area contributed by atoms with E-state index in [9.17, 15) is 13.2 Å². The van der Waals surface area contributed by atoms with Crippen molar-refractivity contribution in [1.82, 2.24) is 0 Å². The number of alkyl halides is 3. The Hall–Kier alpha value is -0.210. The van der Waals surface area contributed by atoms with E-state index in [2.05, 4.69) is 13.8 Å². The topological polar surface area (TPSA) is 0 Å². The summed E-state index contributed by atoms with van der Waals surface area (Å²) in [6.07, 6.45) is 1.29. The second-order valence-corrected chi connectivity index (χ2v) is 5.73. The van der Waals surface area contributed by atoms with Crippen molar-refractivity contribution in [2.75, 3.05) is 0 Å². The number of hydrogen-bond acceptors (Lipinski definition) is 0. The normalized spacial score (nSPS) is 29.1. The lowest BCUT2D eigenvalue weighted by Gasteiger charge is -2.31. The minimum absolute atomic E-state index is 0.0276. The SMILES string of the molecule is CCCC1(CCC)CC1(CC)C(C)C(F)(F)F. The average molecular weight is 250 g/mol. The molecule has 0 aromatic heterocycles. The molecule has 0 aromatic rings. The molecule has 3 heteroatoms. The Morgan fingerprint density at radius 2 is 1.53 bits per heavy atom. The first kappa shape index (κ1) is 14.8. The van der Waals surface area contributed by atoms with Gasteiger partial charge >= 0.3 is 6.18 Å². The van der Waals surface area contributed by atoms with Gasteiger partial charge in [0, 0.05) is 0 Å². The fourth-order valence-electron chi connectivity index (χ4n) is 4.05. The van der Waals surface area contributed by atoms with Gasteiger partial charge in [0.2, 0.25) is 0 Å². The summed E-state index contributed by atoms with van der Waals surface area (Å²) >= 11 is 0. The van der Waals surface area contributed by atoms with Crippen LogP contribution in [0.25, 0.3) is 0 Å². The van der Waals surface area contributed by atoms with Gasteiger partial charge < -0.3 is 0 Å². The van der Waals surface area contributed by atoms with E-state index in [1.165, 1.54) is 6.92 Å². The second kappa shape index (κ2) is 4.81. The molecule has 0 nitrogen and oxygen atoms in total. The van der Waals surface area contributed by atoms with Gasteiger partial charge in [0.25, 0.3) is 0 Å². The van der Waals surface area contributed by atoms with Crippen molar-refractivity contribution >= 4 is 0 Å². The molecule has 2 atom stereocenters. The van der Waals surface area contributed by atoms with E-state index in [0.29, 0.717) is 6.42 Å².